The molecule has 1 saturated heterocycles. The molecule has 0 radical (unpaired) electrons. The molecular formula is C27H45F6N3O. The summed E-state index contributed by atoms with van der Waals surface area (Å²) in [5.41, 5.74) is 0. The Bertz CT molecular complexity index is 692. The van der Waals surface area contributed by atoms with Gasteiger partial charge in [0.15, 0.2) is 0 Å². The normalized spacial score (nSPS) is 28.4. The van der Waals surface area contributed by atoms with Crippen molar-refractivity contribution in [1.29, 1.82) is 0 Å². The van der Waals surface area contributed by atoms with Gasteiger partial charge in [0, 0.05) is 38.8 Å². The Morgan fingerprint density at radius 2 is 1.43 bits per heavy atom. The van der Waals surface area contributed by atoms with E-state index in [2.05, 4.69) is 24.1 Å². The molecule has 3 fully saturated rings. The molecule has 0 aromatic carbocycles. The molecule has 37 heavy (non-hydrogen) atoms. The van der Waals surface area contributed by atoms with Gasteiger partial charge < -0.3 is 10.2 Å². The van der Waals surface area contributed by atoms with Crippen molar-refractivity contribution in [2.45, 2.75) is 115 Å². The van der Waals surface area contributed by atoms with Crippen molar-refractivity contribution in [3.63, 3.8) is 0 Å². The zero-order chi connectivity index (χ0) is 27.4. The molecule has 3 atom stereocenters. The average molecular weight is 542 g/mol. The van der Waals surface area contributed by atoms with E-state index < -0.39 is 36.5 Å². The lowest BCUT2D eigenvalue weighted by molar-refractivity contribution is -0.229. The molecule has 2 saturated carbocycles. The average Bonchev–Trinajstić information content (AvgIpc) is 2.82. The third-order valence-electron chi connectivity index (χ3n) is 8.82. The fraction of sp³-hybridized carbons (Fsp3) is 0.963. The molecule has 10 heteroatoms. The van der Waals surface area contributed by atoms with Crippen molar-refractivity contribution >= 4 is 5.91 Å². The number of nitrogens with zero attached hydrogens (tertiary/aromatic N) is 2. The molecule has 0 bridgehead atoms. The van der Waals surface area contributed by atoms with Gasteiger partial charge in [-0.05, 0) is 63.2 Å². The number of likely N-dealkylation sites (tertiary alicyclic amines) is 1. The molecule has 0 aromatic rings. The zero-order valence-corrected chi connectivity index (χ0v) is 22.5. The first-order chi connectivity index (χ1) is 17.3. The van der Waals surface area contributed by atoms with Gasteiger partial charge in [0.25, 0.3) is 0 Å². The zero-order valence-electron chi connectivity index (χ0n) is 22.5. The third-order valence-corrected chi connectivity index (χ3v) is 8.82. The quantitative estimate of drug-likeness (QED) is 0.361. The first kappa shape index (κ1) is 30.5. The van der Waals surface area contributed by atoms with Crippen molar-refractivity contribution in [1.82, 2.24) is 15.1 Å². The van der Waals surface area contributed by atoms with E-state index in [0.29, 0.717) is 12.1 Å². The predicted octanol–water partition coefficient (Wildman–Crippen LogP) is 6.40. The molecule has 1 amide bonds. The third kappa shape index (κ3) is 8.73. The molecule has 3 aliphatic rings. The van der Waals surface area contributed by atoms with Crippen molar-refractivity contribution < 1.29 is 31.1 Å². The number of hydrogen-bond acceptors (Lipinski definition) is 3. The van der Waals surface area contributed by atoms with Gasteiger partial charge in [-0.2, -0.15) is 26.3 Å². The lowest BCUT2D eigenvalue weighted by Gasteiger charge is -2.43. The van der Waals surface area contributed by atoms with E-state index in [-0.39, 0.29) is 43.7 Å². The number of nitrogens with one attached hydrogen (secondary N) is 1. The van der Waals surface area contributed by atoms with E-state index >= 15 is 0 Å². The second-order valence-electron chi connectivity index (χ2n) is 12.1. The van der Waals surface area contributed by atoms with Crippen LogP contribution in [0, 0.1) is 23.7 Å². The van der Waals surface area contributed by atoms with E-state index in [1.54, 1.807) is 11.9 Å². The largest absolute Gasteiger partial charge is 0.391 e. The van der Waals surface area contributed by atoms with Crippen molar-refractivity contribution in [2.75, 3.05) is 26.7 Å². The summed E-state index contributed by atoms with van der Waals surface area (Å²) < 4.78 is 80.3. The molecule has 3 unspecified atom stereocenters. The van der Waals surface area contributed by atoms with Gasteiger partial charge in [-0.25, -0.2) is 0 Å². The van der Waals surface area contributed by atoms with Crippen molar-refractivity contribution in [3.8, 4) is 0 Å². The minimum absolute atomic E-state index is 0.0299. The molecule has 0 aromatic heterocycles. The number of amides is 1. The van der Waals surface area contributed by atoms with Gasteiger partial charge in [-0.15, -0.1) is 0 Å². The van der Waals surface area contributed by atoms with Crippen molar-refractivity contribution in [2.24, 2.45) is 23.7 Å². The summed E-state index contributed by atoms with van der Waals surface area (Å²) in [6, 6.07) is 0.556. The monoisotopic (exact) mass is 541 g/mol. The maximum atomic E-state index is 13.7. The first-order valence-electron chi connectivity index (χ1n) is 14.1. The molecule has 1 N–H and O–H groups in total. The van der Waals surface area contributed by atoms with Crippen LogP contribution in [0.3, 0.4) is 0 Å². The van der Waals surface area contributed by atoms with Crippen LogP contribution in [0.15, 0.2) is 0 Å². The van der Waals surface area contributed by atoms with Crippen LogP contribution < -0.4 is 5.32 Å². The molecule has 2 aliphatic carbocycles. The van der Waals surface area contributed by atoms with Gasteiger partial charge >= 0.3 is 12.4 Å². The van der Waals surface area contributed by atoms with Gasteiger partial charge in [0.05, 0.1) is 17.9 Å². The van der Waals surface area contributed by atoms with Crippen LogP contribution in [0.1, 0.15) is 84.5 Å². The molecular weight excluding hydrogens is 496 g/mol. The molecule has 3 rings (SSSR count). The number of piperidine rings is 1. The van der Waals surface area contributed by atoms with E-state index in [1.165, 1.54) is 0 Å². The Morgan fingerprint density at radius 1 is 0.892 bits per heavy atom. The number of rotatable bonds is 8. The van der Waals surface area contributed by atoms with Gasteiger partial charge in [-0.3, -0.25) is 9.69 Å². The van der Waals surface area contributed by atoms with Crippen LogP contribution >= 0.6 is 0 Å². The highest BCUT2D eigenvalue weighted by Gasteiger charge is 2.51. The second-order valence-corrected chi connectivity index (χ2v) is 12.1. The minimum Gasteiger partial charge on any atom is -0.344 e. The molecule has 1 aliphatic heterocycles. The summed E-state index contributed by atoms with van der Waals surface area (Å²) in [5, 5.41) is 3.58. The van der Waals surface area contributed by atoms with Gasteiger partial charge in [0.2, 0.25) is 5.91 Å². The van der Waals surface area contributed by atoms with Crippen LogP contribution in [-0.2, 0) is 4.79 Å². The van der Waals surface area contributed by atoms with Crippen molar-refractivity contribution in [3.05, 3.63) is 0 Å². The SMILES string of the molecule is CC(C)NC1CCN(C(C(=O)N(C)CCC2CC(C(F)(F)F)CC(C(F)(F)F)C2)C2CCCCC2)CC1. The fourth-order valence-electron chi connectivity index (χ4n) is 6.84. The summed E-state index contributed by atoms with van der Waals surface area (Å²) in [6.07, 6.45) is -3.35. The Kier molecular flexibility index (Phi) is 10.6. The lowest BCUT2D eigenvalue weighted by Crippen LogP contribution is -2.56. The molecule has 0 spiro atoms. The Balaban J connectivity index is 1.64. The number of carbonyl (C=O) groups is 1. The van der Waals surface area contributed by atoms with E-state index in [4.69, 9.17) is 0 Å². The number of halogens is 6. The molecule has 216 valence electrons. The highest BCUT2D eigenvalue weighted by molar-refractivity contribution is 5.82. The standard InChI is InChI=1S/C27H45F6N3O/c1-18(2)34-23-10-13-36(14-11-23)24(20-7-5-4-6-8-20)25(37)35(3)12-9-19-15-21(26(28,29)30)17-22(16-19)27(31,32)33/h18-24,34H,4-17H2,1-3H3. The van der Waals surface area contributed by atoms with Crippen LogP contribution in [0.5, 0.6) is 0 Å². The molecule has 1 heterocycles. The highest BCUT2D eigenvalue weighted by Crippen LogP contribution is 2.48. The Hall–Kier alpha value is -1.03. The smallest absolute Gasteiger partial charge is 0.344 e. The van der Waals surface area contributed by atoms with E-state index in [1.807, 2.05) is 0 Å². The van der Waals surface area contributed by atoms with E-state index in [0.717, 1.165) is 58.0 Å². The predicted molar refractivity (Wildman–Crippen MR) is 132 cm³/mol. The second kappa shape index (κ2) is 12.9. The molecule has 4 nitrogen and oxygen atoms in total. The lowest BCUT2D eigenvalue weighted by atomic mass is 9.73. The maximum absolute atomic E-state index is 13.7. The Morgan fingerprint density at radius 3 is 1.92 bits per heavy atom. The number of carbonyl (C=O) groups excluding carboxylic acids is 1. The fourth-order valence-corrected chi connectivity index (χ4v) is 6.84. The van der Waals surface area contributed by atoms with Crippen LogP contribution in [0.4, 0.5) is 26.3 Å². The topological polar surface area (TPSA) is 35.6 Å². The number of likely N-dealkylation sites (N-methyl/N-ethyl adjacent to an activating group) is 1. The van der Waals surface area contributed by atoms with E-state index in [9.17, 15) is 31.1 Å². The van der Waals surface area contributed by atoms with Crippen LogP contribution in [0.2, 0.25) is 0 Å². The summed E-state index contributed by atoms with van der Waals surface area (Å²) >= 11 is 0. The van der Waals surface area contributed by atoms with Gasteiger partial charge in [-0.1, -0.05) is 33.1 Å². The highest BCUT2D eigenvalue weighted by atomic mass is 19.4. The summed E-state index contributed by atoms with van der Waals surface area (Å²) in [7, 11) is 1.66. The maximum Gasteiger partial charge on any atom is 0.391 e. The Labute approximate surface area is 217 Å². The van der Waals surface area contributed by atoms with Gasteiger partial charge in [0.1, 0.15) is 0 Å². The summed E-state index contributed by atoms with van der Waals surface area (Å²) in [4.78, 5) is 17.6. The summed E-state index contributed by atoms with van der Waals surface area (Å²) in [5.74, 6) is -4.35. The number of alkyl halides is 6. The first-order valence-corrected chi connectivity index (χ1v) is 14.1. The van der Waals surface area contributed by atoms with Crippen LogP contribution in [0.25, 0.3) is 0 Å². The number of hydrogen-bond donors (Lipinski definition) is 1. The minimum atomic E-state index is -4.63. The summed E-state index contributed by atoms with van der Waals surface area (Å²) in [6.45, 7) is 6.06. The van der Waals surface area contributed by atoms with Crippen LogP contribution in [-0.4, -0.2) is 72.9 Å².